The number of nitrogens with two attached hydrogens (primary N) is 6. The summed E-state index contributed by atoms with van der Waals surface area (Å²) in [6.07, 6.45) is 1.27. The minimum absolute atomic E-state index is 0.0122. The molecule has 362 valence electrons. The van der Waals surface area contributed by atoms with E-state index in [1.165, 1.54) is 6.92 Å². The zero-order chi connectivity index (χ0) is 48.5. The van der Waals surface area contributed by atoms with E-state index in [1.54, 1.807) is 13.8 Å². The molecule has 26 heteroatoms. The highest BCUT2D eigenvalue weighted by atomic mass is 16.4. The number of hydrogen-bond donors (Lipinski definition) is 14. The summed E-state index contributed by atoms with van der Waals surface area (Å²) in [6.45, 7) is 4.91. The van der Waals surface area contributed by atoms with Gasteiger partial charge in [-0.05, 0) is 83.6 Å². The zero-order valence-electron chi connectivity index (χ0n) is 36.8. The standard InChI is InChI=1S/C38H69N15O11/c1-20(2)17-26(36(63)64)52-34(61)27-12-8-16-53(27)35(62)25(18-29(55)56)51-33(60)24(10-4-5-13-39)50-30(57)21(3)48-32(59)23(11-7-15-46-38(43)44)49-28(54)19-47-31(58)22(40)9-6-14-45-37(41)42/h20-27H,4-19,39-40H2,1-3H3,(H,47,58)(H,48,59)(H,49,54)(H,50,57)(H,51,60)(H,52,61)(H,55,56)(H,63,64)(H4,41,42,45)(H4,43,44,46)/t21-,22-,23-,24-,25-,26-,27-/m0/s1. The molecule has 7 amide bonds. The van der Waals surface area contributed by atoms with Gasteiger partial charge in [0.25, 0.3) is 0 Å². The summed E-state index contributed by atoms with van der Waals surface area (Å²) >= 11 is 0. The molecule has 26 nitrogen and oxygen atoms in total. The minimum atomic E-state index is -1.69. The van der Waals surface area contributed by atoms with Crippen LogP contribution in [0, 0.1) is 5.92 Å². The number of carboxylic acid groups (broad SMARTS) is 2. The molecule has 0 radical (unpaired) electrons. The van der Waals surface area contributed by atoms with E-state index in [0.717, 1.165) is 4.90 Å². The SMILES string of the molecule is CC(C)C[C@H](NC(=O)[C@@H]1CCCN1C(=O)[C@H](CC(=O)O)NC(=O)[C@H](CCCCN)NC(=O)[C@H](C)NC(=O)[C@H](CCCN=C(N)N)NC(=O)CNC(=O)[C@@H](N)CCCN=C(N)N)C(=O)O. The summed E-state index contributed by atoms with van der Waals surface area (Å²) in [5, 5.41) is 34.1. The van der Waals surface area contributed by atoms with Crippen LogP contribution in [0.1, 0.15) is 91.4 Å². The van der Waals surface area contributed by atoms with Crippen molar-refractivity contribution in [2.45, 2.75) is 134 Å². The second-order valence-electron chi connectivity index (χ2n) is 15.8. The van der Waals surface area contributed by atoms with Gasteiger partial charge in [-0.3, -0.25) is 48.3 Å². The maximum absolute atomic E-state index is 13.8. The molecule has 0 aromatic carbocycles. The lowest BCUT2D eigenvalue weighted by Crippen LogP contribution is -2.59. The van der Waals surface area contributed by atoms with Gasteiger partial charge in [-0.25, -0.2) is 4.79 Å². The molecule has 0 unspecified atom stereocenters. The molecule has 7 atom stereocenters. The highest BCUT2D eigenvalue weighted by molar-refractivity contribution is 5.98. The predicted molar refractivity (Wildman–Crippen MR) is 233 cm³/mol. The fourth-order valence-electron chi connectivity index (χ4n) is 6.52. The van der Waals surface area contributed by atoms with Crippen molar-refractivity contribution in [1.82, 2.24) is 36.8 Å². The van der Waals surface area contributed by atoms with Gasteiger partial charge in [-0.15, -0.1) is 0 Å². The van der Waals surface area contributed by atoms with Crippen LogP contribution in [0.3, 0.4) is 0 Å². The number of amides is 7. The van der Waals surface area contributed by atoms with Crippen LogP contribution < -0.4 is 66.3 Å². The van der Waals surface area contributed by atoms with Crippen LogP contribution >= 0.6 is 0 Å². The molecular formula is C38H69N15O11. The van der Waals surface area contributed by atoms with Crippen molar-refractivity contribution < 1.29 is 53.4 Å². The lowest BCUT2D eigenvalue weighted by atomic mass is 10.0. The fourth-order valence-corrected chi connectivity index (χ4v) is 6.52. The summed E-state index contributed by atoms with van der Waals surface area (Å²) in [5.41, 5.74) is 32.9. The van der Waals surface area contributed by atoms with Crippen molar-refractivity contribution in [2.75, 3.05) is 32.7 Å². The summed E-state index contributed by atoms with van der Waals surface area (Å²) in [4.78, 5) is 126. The van der Waals surface area contributed by atoms with Crippen LogP contribution in [0.2, 0.25) is 0 Å². The third kappa shape index (κ3) is 21.7. The van der Waals surface area contributed by atoms with E-state index in [0.29, 0.717) is 25.7 Å². The van der Waals surface area contributed by atoms with Crippen molar-refractivity contribution in [1.29, 1.82) is 0 Å². The number of unbranched alkanes of at least 4 members (excludes halogenated alkanes) is 1. The topological polar surface area (TPSA) is 450 Å². The van der Waals surface area contributed by atoms with Gasteiger partial charge < -0.3 is 81.4 Å². The van der Waals surface area contributed by atoms with Crippen molar-refractivity contribution >= 4 is 65.2 Å². The maximum Gasteiger partial charge on any atom is 0.326 e. The highest BCUT2D eigenvalue weighted by Crippen LogP contribution is 2.20. The molecule has 20 N–H and O–H groups in total. The van der Waals surface area contributed by atoms with E-state index in [1.807, 2.05) is 0 Å². The zero-order valence-corrected chi connectivity index (χ0v) is 36.8. The maximum atomic E-state index is 13.8. The monoisotopic (exact) mass is 912 g/mol. The van der Waals surface area contributed by atoms with E-state index in [-0.39, 0.29) is 82.5 Å². The van der Waals surface area contributed by atoms with Gasteiger partial charge in [-0.1, -0.05) is 13.8 Å². The van der Waals surface area contributed by atoms with Crippen molar-refractivity contribution in [3.63, 3.8) is 0 Å². The Balaban J connectivity index is 3.14. The molecule has 1 aliphatic rings. The first-order valence-corrected chi connectivity index (χ1v) is 21.2. The van der Waals surface area contributed by atoms with Gasteiger partial charge >= 0.3 is 11.9 Å². The van der Waals surface area contributed by atoms with Gasteiger partial charge in [-0.2, -0.15) is 0 Å². The van der Waals surface area contributed by atoms with Crippen LogP contribution in [0.5, 0.6) is 0 Å². The van der Waals surface area contributed by atoms with Crippen molar-refractivity contribution in [3.8, 4) is 0 Å². The van der Waals surface area contributed by atoms with E-state index in [4.69, 9.17) is 34.4 Å². The quantitative estimate of drug-likeness (QED) is 0.0182. The predicted octanol–water partition coefficient (Wildman–Crippen LogP) is -5.29. The smallest absolute Gasteiger partial charge is 0.326 e. The molecule has 0 aliphatic carbocycles. The number of nitrogens with zero attached hydrogens (tertiary/aromatic N) is 3. The molecule has 64 heavy (non-hydrogen) atoms. The Morgan fingerprint density at radius 2 is 1.25 bits per heavy atom. The number of hydrogen-bond acceptors (Lipinski definition) is 13. The first kappa shape index (κ1) is 55.7. The van der Waals surface area contributed by atoms with Crippen LogP contribution in [0.4, 0.5) is 0 Å². The summed E-state index contributed by atoms with van der Waals surface area (Å²) in [6, 6.07) is -8.95. The first-order chi connectivity index (χ1) is 30.1. The number of carbonyl (C=O) groups is 9. The number of aliphatic carboxylic acids is 2. The molecule has 1 heterocycles. The van der Waals surface area contributed by atoms with Crippen molar-refractivity contribution in [3.05, 3.63) is 0 Å². The van der Waals surface area contributed by atoms with Crippen molar-refractivity contribution in [2.24, 2.45) is 50.3 Å². The van der Waals surface area contributed by atoms with Crippen LogP contribution in [0.25, 0.3) is 0 Å². The Labute approximate surface area is 371 Å². The van der Waals surface area contributed by atoms with Gasteiger partial charge in [0.05, 0.1) is 19.0 Å². The first-order valence-electron chi connectivity index (χ1n) is 21.2. The second kappa shape index (κ2) is 29.1. The average Bonchev–Trinajstić information content (AvgIpc) is 3.71. The van der Waals surface area contributed by atoms with Crippen LogP contribution in [0.15, 0.2) is 9.98 Å². The molecule has 0 spiro atoms. The van der Waals surface area contributed by atoms with E-state index in [9.17, 15) is 53.4 Å². The molecule has 0 aromatic rings. The van der Waals surface area contributed by atoms with Crippen LogP contribution in [-0.2, 0) is 43.2 Å². The molecule has 0 bridgehead atoms. The van der Waals surface area contributed by atoms with E-state index < -0.39 is 109 Å². The Morgan fingerprint density at radius 1 is 0.688 bits per heavy atom. The Kier molecular flexibility index (Phi) is 25.4. The lowest BCUT2D eigenvalue weighted by Gasteiger charge is -2.30. The number of carboxylic acids is 2. The molecule has 1 rings (SSSR count). The van der Waals surface area contributed by atoms with Gasteiger partial charge in [0, 0.05) is 19.6 Å². The number of likely N-dealkylation sites (tertiary alicyclic amines) is 1. The number of aliphatic imine (C=N–C) groups is 2. The highest BCUT2D eigenvalue weighted by Gasteiger charge is 2.40. The van der Waals surface area contributed by atoms with Gasteiger partial charge in [0.1, 0.15) is 36.3 Å². The molecule has 0 saturated carbocycles. The lowest BCUT2D eigenvalue weighted by molar-refractivity contribution is -0.147. The fraction of sp³-hybridized carbons (Fsp3) is 0.711. The Morgan fingerprint density at radius 3 is 1.81 bits per heavy atom. The molecular weight excluding hydrogens is 843 g/mol. The minimum Gasteiger partial charge on any atom is -0.481 e. The summed E-state index contributed by atoms with van der Waals surface area (Å²) < 4.78 is 0. The normalized spacial score (nSPS) is 16.1. The number of rotatable bonds is 30. The largest absolute Gasteiger partial charge is 0.481 e. The third-order valence-electron chi connectivity index (χ3n) is 9.81. The second-order valence-corrected chi connectivity index (χ2v) is 15.8. The third-order valence-corrected chi connectivity index (χ3v) is 9.81. The number of nitrogens with one attached hydrogen (secondary N) is 6. The number of carbonyl (C=O) groups excluding carboxylic acids is 7. The molecule has 0 aromatic heterocycles. The number of guanidine groups is 2. The Bertz CT molecular complexity index is 1670. The van der Waals surface area contributed by atoms with Crippen LogP contribution in [-0.4, -0.2) is 155 Å². The van der Waals surface area contributed by atoms with E-state index >= 15 is 0 Å². The van der Waals surface area contributed by atoms with E-state index in [2.05, 4.69) is 41.9 Å². The van der Waals surface area contributed by atoms with Gasteiger partial charge in [0.2, 0.25) is 41.4 Å². The Hall–Kier alpha value is -6.31. The molecule has 1 fully saturated rings. The molecule has 1 aliphatic heterocycles. The van der Waals surface area contributed by atoms with Gasteiger partial charge in [0.15, 0.2) is 11.9 Å². The summed E-state index contributed by atoms with van der Waals surface area (Å²) in [7, 11) is 0. The summed E-state index contributed by atoms with van der Waals surface area (Å²) in [5.74, 6) is -8.76. The molecule has 1 saturated heterocycles. The average molecular weight is 912 g/mol.